The van der Waals surface area contributed by atoms with Gasteiger partial charge in [-0.1, -0.05) is 12.1 Å². The highest BCUT2D eigenvalue weighted by Crippen LogP contribution is 2.41. The average Bonchev–Trinajstić information content (AvgIpc) is 2.16. The first-order valence-electron chi connectivity index (χ1n) is 4.58. The molecule has 1 aromatic carbocycles. The molecule has 1 heterocycles. The maximum atomic E-state index is 12.7. The van der Waals surface area contributed by atoms with E-state index in [0.717, 1.165) is 5.56 Å². The smallest absolute Gasteiger partial charge is 0.228 e. The Kier molecular flexibility index (Phi) is 1.84. The van der Waals surface area contributed by atoms with Crippen molar-refractivity contribution >= 4 is 5.91 Å². The number of hydrogen-bond acceptors (Lipinski definition) is 1. The quantitative estimate of drug-likeness (QED) is 0.679. The molecule has 1 atom stereocenters. The van der Waals surface area contributed by atoms with Crippen LogP contribution in [0.1, 0.15) is 25.5 Å². The molecule has 0 aromatic heterocycles. The van der Waals surface area contributed by atoms with Gasteiger partial charge in [0.2, 0.25) is 5.91 Å². The minimum absolute atomic E-state index is 0.00981. The van der Waals surface area contributed by atoms with Gasteiger partial charge in [-0.3, -0.25) is 4.79 Å². The molecule has 1 aliphatic rings. The van der Waals surface area contributed by atoms with E-state index >= 15 is 0 Å². The van der Waals surface area contributed by atoms with Crippen molar-refractivity contribution in [1.29, 1.82) is 0 Å². The van der Waals surface area contributed by atoms with Crippen molar-refractivity contribution in [2.24, 2.45) is 5.41 Å². The maximum absolute atomic E-state index is 12.7. The number of carbonyl (C=O) groups is 1. The fraction of sp³-hybridized carbons (Fsp3) is 0.364. The van der Waals surface area contributed by atoms with E-state index in [1.807, 2.05) is 13.8 Å². The number of halogens is 1. The van der Waals surface area contributed by atoms with E-state index in [-0.39, 0.29) is 23.2 Å². The Labute approximate surface area is 82.1 Å². The Morgan fingerprint density at radius 1 is 1.29 bits per heavy atom. The van der Waals surface area contributed by atoms with E-state index < -0.39 is 0 Å². The van der Waals surface area contributed by atoms with Crippen molar-refractivity contribution in [2.45, 2.75) is 19.9 Å². The van der Waals surface area contributed by atoms with Gasteiger partial charge in [0, 0.05) is 0 Å². The summed E-state index contributed by atoms with van der Waals surface area (Å²) in [5.74, 6) is -0.205. The van der Waals surface area contributed by atoms with Gasteiger partial charge in [0.05, 0.1) is 11.5 Å². The third-order valence-corrected chi connectivity index (χ3v) is 2.79. The number of amides is 1. The van der Waals surface area contributed by atoms with E-state index in [2.05, 4.69) is 5.32 Å². The molecule has 0 aliphatic carbocycles. The first-order chi connectivity index (χ1) is 6.51. The molecular formula is C11H12FNO. The number of hydrogen-bond donors (Lipinski definition) is 1. The molecule has 1 saturated heterocycles. The Hall–Kier alpha value is -1.38. The van der Waals surface area contributed by atoms with Crippen LogP contribution < -0.4 is 5.32 Å². The van der Waals surface area contributed by atoms with Gasteiger partial charge in [0.1, 0.15) is 5.82 Å². The minimum Gasteiger partial charge on any atom is -0.348 e. The van der Waals surface area contributed by atoms with Crippen molar-refractivity contribution < 1.29 is 9.18 Å². The van der Waals surface area contributed by atoms with Gasteiger partial charge < -0.3 is 5.32 Å². The fourth-order valence-electron chi connectivity index (χ4n) is 1.71. The number of β-lactam (4-membered cyclic amide) rings is 1. The van der Waals surface area contributed by atoms with Crippen LogP contribution in [0.5, 0.6) is 0 Å². The lowest BCUT2D eigenvalue weighted by Gasteiger charge is -2.44. The lowest BCUT2D eigenvalue weighted by molar-refractivity contribution is -0.143. The van der Waals surface area contributed by atoms with Gasteiger partial charge >= 0.3 is 0 Å². The zero-order chi connectivity index (χ0) is 10.3. The van der Waals surface area contributed by atoms with Crippen LogP contribution in [0.25, 0.3) is 0 Å². The standard InChI is InChI=1S/C11H12FNO/c1-11(2)9(13-10(11)14)7-3-5-8(12)6-4-7/h3-6,9H,1-2H3,(H,13,14). The third kappa shape index (κ3) is 1.20. The second kappa shape index (κ2) is 2.80. The Balaban J connectivity index is 2.26. The molecule has 74 valence electrons. The minimum atomic E-state index is -0.377. The number of benzene rings is 1. The highest BCUT2D eigenvalue weighted by atomic mass is 19.1. The Morgan fingerprint density at radius 2 is 1.86 bits per heavy atom. The zero-order valence-corrected chi connectivity index (χ0v) is 8.17. The van der Waals surface area contributed by atoms with Gasteiger partial charge in [0.15, 0.2) is 0 Å². The molecule has 1 aliphatic heterocycles. The molecule has 1 fully saturated rings. The average molecular weight is 193 g/mol. The zero-order valence-electron chi connectivity index (χ0n) is 8.17. The summed E-state index contributed by atoms with van der Waals surface area (Å²) in [7, 11) is 0. The predicted octanol–water partition coefficient (Wildman–Crippen LogP) is 2.02. The molecule has 14 heavy (non-hydrogen) atoms. The molecule has 1 amide bonds. The largest absolute Gasteiger partial charge is 0.348 e. The van der Waals surface area contributed by atoms with Crippen LogP contribution in [0, 0.1) is 11.2 Å². The predicted molar refractivity (Wildman–Crippen MR) is 51.1 cm³/mol. The molecule has 1 unspecified atom stereocenters. The summed E-state index contributed by atoms with van der Waals surface area (Å²) >= 11 is 0. The van der Waals surface area contributed by atoms with Crippen molar-refractivity contribution in [3.05, 3.63) is 35.6 Å². The van der Waals surface area contributed by atoms with Crippen LogP contribution in [0.3, 0.4) is 0 Å². The van der Waals surface area contributed by atoms with E-state index in [9.17, 15) is 9.18 Å². The van der Waals surface area contributed by atoms with Crippen LogP contribution >= 0.6 is 0 Å². The monoisotopic (exact) mass is 193 g/mol. The topological polar surface area (TPSA) is 29.1 Å². The first kappa shape index (κ1) is 9.19. The van der Waals surface area contributed by atoms with Gasteiger partial charge in [-0.05, 0) is 31.5 Å². The summed E-state index contributed by atoms with van der Waals surface area (Å²) in [5.41, 5.74) is 0.577. The molecule has 0 bridgehead atoms. The molecule has 1 N–H and O–H groups in total. The van der Waals surface area contributed by atoms with Gasteiger partial charge in [0.25, 0.3) is 0 Å². The maximum Gasteiger partial charge on any atom is 0.228 e. The molecule has 3 heteroatoms. The summed E-state index contributed by atoms with van der Waals surface area (Å²) in [6.07, 6.45) is 0. The Morgan fingerprint density at radius 3 is 2.29 bits per heavy atom. The van der Waals surface area contributed by atoms with Gasteiger partial charge in [-0.15, -0.1) is 0 Å². The lowest BCUT2D eigenvalue weighted by atomic mass is 9.73. The van der Waals surface area contributed by atoms with E-state index in [0.29, 0.717) is 0 Å². The molecular weight excluding hydrogens is 181 g/mol. The summed E-state index contributed by atoms with van der Waals surface area (Å²) < 4.78 is 12.7. The second-order valence-corrected chi connectivity index (χ2v) is 4.18. The normalized spacial score (nSPS) is 23.9. The molecule has 2 rings (SSSR count). The van der Waals surface area contributed by atoms with Crippen LogP contribution in [0.2, 0.25) is 0 Å². The van der Waals surface area contributed by atoms with Crippen LogP contribution in [0.4, 0.5) is 4.39 Å². The molecule has 2 nitrogen and oxygen atoms in total. The summed E-state index contributed by atoms with van der Waals surface area (Å²) in [6, 6.07) is 6.25. The van der Waals surface area contributed by atoms with Crippen LogP contribution in [-0.4, -0.2) is 5.91 Å². The first-order valence-corrected chi connectivity index (χ1v) is 4.58. The lowest BCUT2D eigenvalue weighted by Crippen LogP contribution is -2.57. The molecule has 0 saturated carbocycles. The third-order valence-electron chi connectivity index (χ3n) is 2.79. The highest BCUT2D eigenvalue weighted by molar-refractivity contribution is 5.89. The second-order valence-electron chi connectivity index (χ2n) is 4.18. The van der Waals surface area contributed by atoms with E-state index in [1.54, 1.807) is 12.1 Å². The molecule has 1 aromatic rings. The number of nitrogens with one attached hydrogen (secondary N) is 1. The summed E-state index contributed by atoms with van der Waals surface area (Å²) in [4.78, 5) is 11.2. The number of rotatable bonds is 1. The highest BCUT2D eigenvalue weighted by Gasteiger charge is 2.47. The van der Waals surface area contributed by atoms with Crippen molar-refractivity contribution in [3.8, 4) is 0 Å². The van der Waals surface area contributed by atoms with Crippen LogP contribution in [0.15, 0.2) is 24.3 Å². The van der Waals surface area contributed by atoms with E-state index in [1.165, 1.54) is 12.1 Å². The van der Waals surface area contributed by atoms with Gasteiger partial charge in [-0.2, -0.15) is 0 Å². The van der Waals surface area contributed by atoms with Crippen LogP contribution in [-0.2, 0) is 4.79 Å². The fourth-order valence-corrected chi connectivity index (χ4v) is 1.71. The Bertz CT molecular complexity index is 369. The summed E-state index contributed by atoms with van der Waals surface area (Å²) in [6.45, 7) is 3.78. The molecule has 0 spiro atoms. The van der Waals surface area contributed by atoms with Crippen molar-refractivity contribution in [3.63, 3.8) is 0 Å². The summed E-state index contributed by atoms with van der Waals surface area (Å²) in [5, 5.41) is 2.81. The SMILES string of the molecule is CC1(C)C(=O)NC1c1ccc(F)cc1. The van der Waals surface area contributed by atoms with Crippen molar-refractivity contribution in [1.82, 2.24) is 5.32 Å². The molecule has 0 radical (unpaired) electrons. The van der Waals surface area contributed by atoms with Gasteiger partial charge in [-0.25, -0.2) is 4.39 Å². The van der Waals surface area contributed by atoms with Crippen molar-refractivity contribution in [2.75, 3.05) is 0 Å². The van der Waals surface area contributed by atoms with E-state index in [4.69, 9.17) is 0 Å². The number of carbonyl (C=O) groups excluding carboxylic acids is 1.